The monoisotopic (exact) mass is 263 g/mol. The molecule has 2 atom stereocenters. The van der Waals surface area contributed by atoms with Gasteiger partial charge in [0, 0.05) is 12.1 Å². The summed E-state index contributed by atoms with van der Waals surface area (Å²) in [4.78, 5) is 16.7. The first-order chi connectivity index (χ1) is 9.01. The Morgan fingerprint density at radius 2 is 1.89 bits per heavy atom. The zero-order valence-electron chi connectivity index (χ0n) is 11.5. The molecule has 0 aliphatic carbocycles. The summed E-state index contributed by atoms with van der Waals surface area (Å²) >= 11 is 0. The number of aliphatic hydroxyl groups excluding tert-OH is 1. The maximum absolute atomic E-state index is 11.2. The van der Waals surface area contributed by atoms with Gasteiger partial charge in [-0.3, -0.25) is 0 Å². The van der Waals surface area contributed by atoms with E-state index in [4.69, 9.17) is 0 Å². The Balaban J connectivity index is 2.20. The minimum absolute atomic E-state index is 0.0657. The van der Waals surface area contributed by atoms with E-state index in [-0.39, 0.29) is 24.4 Å². The Morgan fingerprint density at radius 3 is 2.53 bits per heavy atom. The van der Waals surface area contributed by atoms with Gasteiger partial charge in [0.1, 0.15) is 0 Å². The Morgan fingerprint density at radius 1 is 1.21 bits per heavy atom. The van der Waals surface area contributed by atoms with Crippen molar-refractivity contribution in [3.63, 3.8) is 0 Å². The molecule has 5 nitrogen and oxygen atoms in total. The number of hydrogen-bond donors (Lipinski definition) is 4. The number of aromatic nitrogens is 2. The van der Waals surface area contributed by atoms with E-state index in [0.29, 0.717) is 5.92 Å². The molecule has 2 rings (SSSR count). The first-order valence-electron chi connectivity index (χ1n) is 6.60. The molecule has 1 heterocycles. The van der Waals surface area contributed by atoms with Crippen LogP contribution < -0.4 is 11.0 Å². The molecule has 0 aliphatic heterocycles. The lowest BCUT2D eigenvalue weighted by Gasteiger charge is -2.25. The van der Waals surface area contributed by atoms with Crippen LogP contribution in [0.15, 0.2) is 23.0 Å². The molecule has 1 aromatic carbocycles. The fraction of sp³-hybridized carbons (Fsp3) is 0.500. The van der Waals surface area contributed by atoms with E-state index in [1.165, 1.54) is 0 Å². The van der Waals surface area contributed by atoms with Crippen molar-refractivity contribution in [1.82, 2.24) is 15.3 Å². The average Bonchev–Trinajstić information content (AvgIpc) is 2.74. The largest absolute Gasteiger partial charge is 0.395 e. The van der Waals surface area contributed by atoms with E-state index < -0.39 is 0 Å². The van der Waals surface area contributed by atoms with Crippen molar-refractivity contribution in [1.29, 1.82) is 0 Å². The van der Waals surface area contributed by atoms with Gasteiger partial charge >= 0.3 is 5.69 Å². The lowest BCUT2D eigenvalue weighted by Crippen LogP contribution is -2.38. The van der Waals surface area contributed by atoms with Crippen molar-refractivity contribution in [2.45, 2.75) is 32.9 Å². The molecule has 0 fully saturated rings. The highest BCUT2D eigenvalue weighted by molar-refractivity contribution is 5.75. The molecule has 104 valence electrons. The van der Waals surface area contributed by atoms with Gasteiger partial charge in [-0.2, -0.15) is 0 Å². The van der Waals surface area contributed by atoms with Crippen LogP contribution in [0.5, 0.6) is 0 Å². The summed E-state index contributed by atoms with van der Waals surface area (Å²) in [6.07, 6.45) is 0. The minimum atomic E-state index is -0.192. The van der Waals surface area contributed by atoms with Crippen LogP contribution in [0, 0.1) is 5.92 Å². The van der Waals surface area contributed by atoms with E-state index in [1.54, 1.807) is 0 Å². The van der Waals surface area contributed by atoms with Crippen LogP contribution in [0.2, 0.25) is 0 Å². The molecule has 2 aromatic rings. The highest BCUT2D eigenvalue weighted by atomic mass is 16.3. The average molecular weight is 263 g/mol. The number of aliphatic hydroxyl groups is 1. The van der Waals surface area contributed by atoms with Gasteiger partial charge in [0.2, 0.25) is 0 Å². The highest BCUT2D eigenvalue weighted by Crippen LogP contribution is 2.18. The van der Waals surface area contributed by atoms with E-state index in [2.05, 4.69) is 36.1 Å². The maximum atomic E-state index is 11.2. The van der Waals surface area contributed by atoms with Crippen LogP contribution in [0.4, 0.5) is 0 Å². The number of aromatic amines is 2. The zero-order chi connectivity index (χ0) is 14.0. The van der Waals surface area contributed by atoms with Crippen molar-refractivity contribution in [2.24, 2.45) is 5.92 Å². The topological polar surface area (TPSA) is 80.9 Å². The molecule has 0 saturated heterocycles. The first-order valence-corrected chi connectivity index (χ1v) is 6.60. The van der Waals surface area contributed by atoms with Gasteiger partial charge in [0.25, 0.3) is 0 Å². The second-order valence-electron chi connectivity index (χ2n) is 5.31. The van der Waals surface area contributed by atoms with Gasteiger partial charge in [-0.15, -0.1) is 0 Å². The Kier molecular flexibility index (Phi) is 4.07. The summed E-state index contributed by atoms with van der Waals surface area (Å²) < 4.78 is 0. The third-order valence-electron chi connectivity index (χ3n) is 3.51. The van der Waals surface area contributed by atoms with E-state index >= 15 is 0 Å². The molecule has 5 heteroatoms. The maximum Gasteiger partial charge on any atom is 0.323 e. The normalized spacial score (nSPS) is 15.0. The molecule has 1 unspecified atom stereocenters. The van der Waals surface area contributed by atoms with E-state index in [9.17, 15) is 9.90 Å². The Hall–Kier alpha value is -1.59. The van der Waals surface area contributed by atoms with Gasteiger partial charge in [-0.25, -0.2) is 4.79 Å². The lowest BCUT2D eigenvalue weighted by molar-refractivity contribution is 0.201. The molecule has 0 spiro atoms. The summed E-state index contributed by atoms with van der Waals surface area (Å²) in [6.45, 7) is 6.32. The molecule has 1 aromatic heterocycles. The minimum Gasteiger partial charge on any atom is -0.395 e. The van der Waals surface area contributed by atoms with Gasteiger partial charge < -0.3 is 20.4 Å². The summed E-state index contributed by atoms with van der Waals surface area (Å²) in [6, 6.07) is 6.01. The van der Waals surface area contributed by atoms with Gasteiger partial charge in [0.15, 0.2) is 0 Å². The number of fused-ring (bicyclic) bond motifs is 1. The smallest absolute Gasteiger partial charge is 0.323 e. The van der Waals surface area contributed by atoms with Crippen LogP contribution in [0.25, 0.3) is 11.0 Å². The predicted octanol–water partition coefficient (Wildman–Crippen LogP) is 1.52. The molecule has 0 amide bonds. The molecule has 19 heavy (non-hydrogen) atoms. The van der Waals surface area contributed by atoms with Gasteiger partial charge in [0.05, 0.1) is 17.6 Å². The number of hydrogen-bond acceptors (Lipinski definition) is 3. The van der Waals surface area contributed by atoms with Gasteiger partial charge in [-0.05, 0) is 30.5 Å². The number of rotatable bonds is 5. The fourth-order valence-corrected chi connectivity index (χ4v) is 2.19. The molecule has 0 aliphatic rings. The third-order valence-corrected chi connectivity index (χ3v) is 3.51. The quantitative estimate of drug-likeness (QED) is 0.660. The SMILES string of the molecule is CC(N[C@H](CO)C(C)C)c1ccc2[nH]c(=O)[nH]c2c1. The highest BCUT2D eigenvalue weighted by Gasteiger charge is 2.16. The number of nitrogens with one attached hydrogen (secondary N) is 3. The van der Waals surface area contributed by atoms with E-state index in [1.807, 2.05) is 18.2 Å². The third kappa shape index (κ3) is 3.05. The second kappa shape index (κ2) is 5.59. The summed E-state index contributed by atoms with van der Waals surface area (Å²) in [5, 5.41) is 12.8. The molecule has 0 saturated carbocycles. The zero-order valence-corrected chi connectivity index (χ0v) is 11.5. The predicted molar refractivity (Wildman–Crippen MR) is 76.2 cm³/mol. The number of H-pyrrole nitrogens is 2. The number of benzene rings is 1. The van der Waals surface area contributed by atoms with Crippen molar-refractivity contribution in [3.05, 3.63) is 34.2 Å². The van der Waals surface area contributed by atoms with Crippen molar-refractivity contribution in [2.75, 3.05) is 6.61 Å². The summed E-state index contributed by atoms with van der Waals surface area (Å²) in [5.41, 5.74) is 2.51. The lowest BCUT2D eigenvalue weighted by atomic mass is 10.0. The van der Waals surface area contributed by atoms with Gasteiger partial charge in [-0.1, -0.05) is 19.9 Å². The molecular formula is C14H21N3O2. The van der Waals surface area contributed by atoms with Crippen LogP contribution in [-0.2, 0) is 0 Å². The standard InChI is InChI=1S/C14H21N3O2/c1-8(2)13(7-18)15-9(3)10-4-5-11-12(6-10)17-14(19)16-11/h4-6,8-9,13,15,18H,7H2,1-3H3,(H2,16,17,19)/t9?,13-/m1/s1. The second-order valence-corrected chi connectivity index (χ2v) is 5.31. The van der Waals surface area contributed by atoms with Crippen LogP contribution >= 0.6 is 0 Å². The Bertz CT molecular complexity index is 600. The van der Waals surface area contributed by atoms with Crippen molar-refractivity contribution >= 4 is 11.0 Å². The van der Waals surface area contributed by atoms with Crippen LogP contribution in [0.1, 0.15) is 32.4 Å². The van der Waals surface area contributed by atoms with Crippen LogP contribution in [0.3, 0.4) is 0 Å². The first kappa shape index (κ1) is 13.8. The molecule has 4 N–H and O–H groups in total. The van der Waals surface area contributed by atoms with E-state index in [0.717, 1.165) is 16.6 Å². The summed E-state index contributed by atoms with van der Waals surface area (Å²) in [5.74, 6) is 0.364. The van der Waals surface area contributed by atoms with Crippen molar-refractivity contribution < 1.29 is 5.11 Å². The molecule has 0 bridgehead atoms. The Labute approximate surface area is 112 Å². The molecule has 0 radical (unpaired) electrons. The fourth-order valence-electron chi connectivity index (χ4n) is 2.19. The molecular weight excluding hydrogens is 242 g/mol. The summed E-state index contributed by atoms with van der Waals surface area (Å²) in [7, 11) is 0. The number of imidazole rings is 1. The van der Waals surface area contributed by atoms with Crippen molar-refractivity contribution in [3.8, 4) is 0 Å². The van der Waals surface area contributed by atoms with Crippen LogP contribution in [-0.4, -0.2) is 27.7 Å².